The maximum absolute atomic E-state index is 12.6. The van der Waals surface area contributed by atoms with Gasteiger partial charge in [-0.25, -0.2) is 9.67 Å². The number of nitrogens with one attached hydrogen (secondary N) is 2. The number of pyridine rings is 1. The van der Waals surface area contributed by atoms with E-state index in [2.05, 4.69) is 20.7 Å². The summed E-state index contributed by atoms with van der Waals surface area (Å²) >= 11 is 0. The Balaban J connectivity index is 1.70. The van der Waals surface area contributed by atoms with Crippen LogP contribution >= 0.6 is 0 Å². The number of hydrogen-bond acceptors (Lipinski definition) is 4. The predicted molar refractivity (Wildman–Crippen MR) is 108 cm³/mol. The summed E-state index contributed by atoms with van der Waals surface area (Å²) in [6, 6.07) is 12.4. The first-order chi connectivity index (χ1) is 13.5. The highest BCUT2D eigenvalue weighted by Gasteiger charge is 2.16. The minimum absolute atomic E-state index is 0.116. The molecule has 28 heavy (non-hydrogen) atoms. The summed E-state index contributed by atoms with van der Waals surface area (Å²) in [6.07, 6.45) is 4.06. The summed E-state index contributed by atoms with van der Waals surface area (Å²) in [6.45, 7) is 5.79. The Kier molecular flexibility index (Phi) is 5.84. The number of aromatic nitrogens is 3. The number of rotatable bonds is 6. The third-order valence-electron chi connectivity index (χ3n) is 4.52. The molecule has 144 valence electrons. The van der Waals surface area contributed by atoms with Crippen molar-refractivity contribution in [1.82, 2.24) is 20.1 Å². The topological polar surface area (TPSA) is 88.9 Å². The molecule has 7 heteroatoms. The summed E-state index contributed by atoms with van der Waals surface area (Å²) in [5.41, 5.74) is 2.32. The van der Waals surface area contributed by atoms with Crippen molar-refractivity contribution in [2.45, 2.75) is 33.2 Å². The quantitative estimate of drug-likeness (QED) is 0.689. The maximum atomic E-state index is 12.6. The van der Waals surface area contributed by atoms with Crippen LogP contribution in [0.25, 0.3) is 5.82 Å². The lowest BCUT2D eigenvalue weighted by atomic mass is 10.1. The van der Waals surface area contributed by atoms with Crippen molar-refractivity contribution in [2.24, 2.45) is 0 Å². The van der Waals surface area contributed by atoms with E-state index < -0.39 is 0 Å². The van der Waals surface area contributed by atoms with E-state index >= 15 is 0 Å². The van der Waals surface area contributed by atoms with Crippen LogP contribution in [0, 0.1) is 6.92 Å². The molecule has 1 unspecified atom stereocenters. The van der Waals surface area contributed by atoms with Crippen molar-refractivity contribution < 1.29 is 9.59 Å². The second-order valence-corrected chi connectivity index (χ2v) is 6.56. The van der Waals surface area contributed by atoms with Crippen molar-refractivity contribution in [2.75, 3.05) is 5.32 Å². The van der Waals surface area contributed by atoms with Crippen molar-refractivity contribution in [3.63, 3.8) is 0 Å². The van der Waals surface area contributed by atoms with Gasteiger partial charge in [-0.1, -0.05) is 13.0 Å². The lowest BCUT2D eigenvalue weighted by molar-refractivity contribution is 0.0938. The molecule has 3 aromatic rings. The van der Waals surface area contributed by atoms with Crippen molar-refractivity contribution in [1.29, 1.82) is 0 Å². The third kappa shape index (κ3) is 4.25. The minimum atomic E-state index is -0.267. The van der Waals surface area contributed by atoms with Crippen LogP contribution in [0.3, 0.4) is 0 Å². The minimum Gasteiger partial charge on any atom is -0.350 e. The zero-order valence-corrected chi connectivity index (χ0v) is 16.1. The fourth-order valence-electron chi connectivity index (χ4n) is 2.66. The van der Waals surface area contributed by atoms with Crippen molar-refractivity contribution >= 4 is 17.5 Å². The van der Waals surface area contributed by atoms with E-state index in [-0.39, 0.29) is 17.9 Å². The Morgan fingerprint density at radius 2 is 1.86 bits per heavy atom. The van der Waals surface area contributed by atoms with Gasteiger partial charge in [0.05, 0.1) is 17.5 Å². The molecule has 1 atom stereocenters. The monoisotopic (exact) mass is 377 g/mol. The van der Waals surface area contributed by atoms with Gasteiger partial charge in [0.25, 0.3) is 11.8 Å². The molecule has 0 saturated heterocycles. The van der Waals surface area contributed by atoms with Gasteiger partial charge in [0.15, 0.2) is 5.82 Å². The molecule has 2 N–H and O–H groups in total. The summed E-state index contributed by atoms with van der Waals surface area (Å²) in [5, 5.41) is 10.0. The molecule has 7 nitrogen and oxygen atoms in total. The number of amides is 2. The SMILES string of the molecule is CCC(C)NC(=O)c1ccc(NC(=O)c2cnn(-c3ccccn3)c2C)cc1. The number of anilines is 1. The van der Waals surface area contributed by atoms with Crippen molar-refractivity contribution in [3.8, 4) is 5.82 Å². The Hall–Kier alpha value is -3.48. The van der Waals surface area contributed by atoms with Gasteiger partial charge in [-0.2, -0.15) is 5.10 Å². The van der Waals surface area contributed by atoms with Crippen LogP contribution in [-0.2, 0) is 0 Å². The summed E-state index contributed by atoms with van der Waals surface area (Å²) in [4.78, 5) is 29.0. The summed E-state index contributed by atoms with van der Waals surface area (Å²) in [7, 11) is 0. The zero-order valence-electron chi connectivity index (χ0n) is 16.1. The lowest BCUT2D eigenvalue weighted by Gasteiger charge is -2.11. The maximum Gasteiger partial charge on any atom is 0.259 e. The number of carbonyl (C=O) groups is 2. The molecule has 0 aliphatic rings. The number of hydrogen-bond donors (Lipinski definition) is 2. The fourth-order valence-corrected chi connectivity index (χ4v) is 2.66. The largest absolute Gasteiger partial charge is 0.350 e. The molecule has 2 aromatic heterocycles. The van der Waals surface area contributed by atoms with Gasteiger partial charge in [-0.3, -0.25) is 9.59 Å². The molecule has 0 radical (unpaired) electrons. The smallest absolute Gasteiger partial charge is 0.259 e. The molecule has 0 aliphatic heterocycles. The van der Waals surface area contributed by atoms with Gasteiger partial charge in [0.1, 0.15) is 0 Å². The molecule has 2 amide bonds. The Morgan fingerprint density at radius 3 is 2.50 bits per heavy atom. The van der Waals surface area contributed by atoms with E-state index in [1.54, 1.807) is 35.1 Å². The Labute approximate surface area is 163 Å². The third-order valence-corrected chi connectivity index (χ3v) is 4.52. The first-order valence-corrected chi connectivity index (χ1v) is 9.18. The van der Waals surface area contributed by atoms with Gasteiger partial charge in [-0.05, 0) is 56.7 Å². The van der Waals surface area contributed by atoms with E-state index in [1.807, 2.05) is 39.0 Å². The Bertz CT molecular complexity index is 964. The molecule has 2 heterocycles. The molecule has 3 rings (SSSR count). The highest BCUT2D eigenvalue weighted by molar-refractivity contribution is 6.05. The Morgan fingerprint density at radius 1 is 1.11 bits per heavy atom. The molecule has 1 aromatic carbocycles. The first-order valence-electron chi connectivity index (χ1n) is 9.18. The highest BCUT2D eigenvalue weighted by atomic mass is 16.2. The molecular formula is C21H23N5O2. The van der Waals surface area contributed by atoms with Gasteiger partial charge in [-0.15, -0.1) is 0 Å². The van der Waals surface area contributed by atoms with Gasteiger partial charge in [0.2, 0.25) is 0 Å². The fraction of sp³-hybridized carbons (Fsp3) is 0.238. The van der Waals surface area contributed by atoms with Crippen molar-refractivity contribution in [3.05, 3.63) is 71.7 Å². The number of nitrogens with zero attached hydrogens (tertiary/aromatic N) is 3. The molecule has 0 aliphatic carbocycles. The van der Waals surface area contributed by atoms with Gasteiger partial charge >= 0.3 is 0 Å². The van der Waals surface area contributed by atoms with Gasteiger partial charge in [0, 0.05) is 23.5 Å². The second kappa shape index (κ2) is 8.47. The van der Waals surface area contributed by atoms with E-state index in [0.717, 1.165) is 6.42 Å². The van der Waals surface area contributed by atoms with E-state index in [0.29, 0.717) is 28.3 Å². The number of benzene rings is 1. The number of carbonyl (C=O) groups excluding carboxylic acids is 2. The van der Waals surface area contributed by atoms with Crippen LogP contribution in [0.15, 0.2) is 54.9 Å². The molecule has 0 fully saturated rings. The van der Waals surface area contributed by atoms with Gasteiger partial charge < -0.3 is 10.6 Å². The predicted octanol–water partition coefficient (Wildman–Crippen LogP) is 3.36. The average molecular weight is 377 g/mol. The molecule has 0 bridgehead atoms. The highest BCUT2D eigenvalue weighted by Crippen LogP contribution is 2.16. The molecule has 0 spiro atoms. The second-order valence-electron chi connectivity index (χ2n) is 6.56. The standard InChI is InChI=1S/C21H23N5O2/c1-4-14(2)24-20(27)16-8-10-17(11-9-16)25-21(28)18-13-23-26(15(18)3)19-7-5-6-12-22-19/h5-14H,4H2,1-3H3,(H,24,27)(H,25,28). The van der Waals surface area contributed by atoms with Crippen LogP contribution in [-0.4, -0.2) is 32.6 Å². The summed E-state index contributed by atoms with van der Waals surface area (Å²) in [5.74, 6) is 0.256. The summed E-state index contributed by atoms with van der Waals surface area (Å²) < 4.78 is 1.62. The van der Waals surface area contributed by atoms with E-state index in [4.69, 9.17) is 0 Å². The molecule has 0 saturated carbocycles. The lowest BCUT2D eigenvalue weighted by Crippen LogP contribution is -2.31. The average Bonchev–Trinajstić information content (AvgIpc) is 3.10. The molecular weight excluding hydrogens is 354 g/mol. The van der Waals surface area contributed by atoms with E-state index in [1.165, 1.54) is 6.20 Å². The normalized spacial score (nSPS) is 11.7. The van der Waals surface area contributed by atoms with Crippen LogP contribution in [0.5, 0.6) is 0 Å². The van der Waals surface area contributed by atoms with Crippen LogP contribution < -0.4 is 10.6 Å². The van der Waals surface area contributed by atoms with Crippen LogP contribution in [0.1, 0.15) is 46.7 Å². The van der Waals surface area contributed by atoms with Crippen LogP contribution in [0.2, 0.25) is 0 Å². The zero-order chi connectivity index (χ0) is 20.1. The van der Waals surface area contributed by atoms with E-state index in [9.17, 15) is 9.59 Å². The van der Waals surface area contributed by atoms with Crippen LogP contribution in [0.4, 0.5) is 5.69 Å². The first kappa shape index (κ1) is 19.3.